The van der Waals surface area contributed by atoms with Gasteiger partial charge in [-0.3, -0.25) is 24.8 Å². The van der Waals surface area contributed by atoms with Gasteiger partial charge in [0.15, 0.2) is 0 Å². The molecule has 1 amide bonds. The molecule has 1 N–H and O–H groups in total. The van der Waals surface area contributed by atoms with E-state index in [4.69, 9.17) is 4.74 Å². The summed E-state index contributed by atoms with van der Waals surface area (Å²) in [4.78, 5) is 25.9. The lowest BCUT2D eigenvalue weighted by atomic mass is 10.1. The topological polar surface area (TPSA) is 75.5 Å². The number of ether oxygens (including phenoxy) is 1. The molecule has 0 saturated carbocycles. The quantitative estimate of drug-likeness (QED) is 0.430. The van der Waals surface area contributed by atoms with Gasteiger partial charge in [0, 0.05) is 56.4 Å². The van der Waals surface area contributed by atoms with Crippen LogP contribution < -0.4 is 15.1 Å². The summed E-state index contributed by atoms with van der Waals surface area (Å²) in [6, 6.07) is 20.4. The van der Waals surface area contributed by atoms with E-state index in [9.17, 15) is 4.79 Å². The predicted octanol–water partition coefficient (Wildman–Crippen LogP) is 3.97. The van der Waals surface area contributed by atoms with E-state index in [2.05, 4.69) is 55.5 Å². The molecule has 8 nitrogen and oxygen atoms in total. The molecule has 3 heterocycles. The lowest BCUT2D eigenvalue weighted by Crippen LogP contribution is -2.46. The number of rotatable bonds is 7. The second-order valence-corrected chi connectivity index (χ2v) is 8.81. The molecular weight excluding hydrogens is 452 g/mol. The Kier molecular flexibility index (Phi) is 6.95. The van der Waals surface area contributed by atoms with Crippen molar-refractivity contribution in [1.29, 1.82) is 0 Å². The van der Waals surface area contributed by atoms with Crippen molar-refractivity contribution in [2.45, 2.75) is 13.5 Å². The van der Waals surface area contributed by atoms with E-state index in [1.165, 1.54) is 18.0 Å². The molecular formula is C28H30N6O2. The van der Waals surface area contributed by atoms with Crippen molar-refractivity contribution in [3.63, 3.8) is 0 Å². The highest BCUT2D eigenvalue weighted by atomic mass is 16.5. The van der Waals surface area contributed by atoms with Gasteiger partial charge in [-0.25, -0.2) is 4.98 Å². The van der Waals surface area contributed by atoms with Gasteiger partial charge in [0.1, 0.15) is 11.4 Å². The van der Waals surface area contributed by atoms with Crippen molar-refractivity contribution in [3.05, 3.63) is 96.2 Å². The molecule has 1 fully saturated rings. The number of amides is 1. The van der Waals surface area contributed by atoms with Gasteiger partial charge in [0.05, 0.1) is 24.7 Å². The molecule has 0 radical (unpaired) electrons. The molecule has 184 valence electrons. The Morgan fingerprint density at radius 1 is 1.00 bits per heavy atom. The number of hydrogen-bond acceptors (Lipinski definition) is 6. The summed E-state index contributed by atoms with van der Waals surface area (Å²) < 4.78 is 7.43. The molecule has 4 aromatic rings. The Morgan fingerprint density at radius 2 is 1.75 bits per heavy atom. The third kappa shape index (κ3) is 4.94. The fourth-order valence-electron chi connectivity index (χ4n) is 4.64. The van der Waals surface area contributed by atoms with Gasteiger partial charge in [-0.15, -0.1) is 0 Å². The lowest BCUT2D eigenvalue weighted by molar-refractivity contribution is 0.100. The van der Waals surface area contributed by atoms with E-state index in [0.717, 1.165) is 61.1 Å². The van der Waals surface area contributed by atoms with Crippen LogP contribution in [-0.4, -0.2) is 58.7 Å². The summed E-state index contributed by atoms with van der Waals surface area (Å²) in [5.41, 5.74) is 8.59. The lowest BCUT2D eigenvalue weighted by Gasteiger charge is -2.36. The largest absolute Gasteiger partial charge is 0.495 e. The van der Waals surface area contributed by atoms with Crippen molar-refractivity contribution in [2.75, 3.05) is 43.6 Å². The number of piperazine rings is 1. The Balaban J connectivity index is 1.35. The Bertz CT molecular complexity index is 1310. The predicted molar refractivity (Wildman–Crippen MR) is 141 cm³/mol. The van der Waals surface area contributed by atoms with E-state index >= 15 is 0 Å². The van der Waals surface area contributed by atoms with Crippen LogP contribution in [0.15, 0.2) is 79.3 Å². The van der Waals surface area contributed by atoms with Crippen LogP contribution in [0.5, 0.6) is 5.75 Å². The molecule has 2 aromatic carbocycles. The van der Waals surface area contributed by atoms with Crippen LogP contribution in [-0.2, 0) is 6.54 Å². The number of carbonyl (C=O) groups excluding carboxylic acids is 1. The maximum absolute atomic E-state index is 12.9. The van der Waals surface area contributed by atoms with Crippen molar-refractivity contribution < 1.29 is 9.53 Å². The maximum atomic E-state index is 12.9. The number of nitrogens with zero attached hydrogens (tertiary/aromatic N) is 5. The van der Waals surface area contributed by atoms with E-state index in [0.29, 0.717) is 0 Å². The van der Waals surface area contributed by atoms with Gasteiger partial charge in [-0.2, -0.15) is 0 Å². The molecule has 0 unspecified atom stereocenters. The fraction of sp³-hybridized carbons (Fsp3) is 0.250. The summed E-state index contributed by atoms with van der Waals surface area (Å²) in [6.07, 6.45) is 4.54. The summed E-state index contributed by atoms with van der Waals surface area (Å²) in [5.74, 6) is 0.612. The number of carbonyl (C=O) groups is 1. The van der Waals surface area contributed by atoms with Gasteiger partial charge >= 0.3 is 0 Å². The second kappa shape index (κ2) is 10.6. The summed E-state index contributed by atoms with van der Waals surface area (Å²) >= 11 is 0. The van der Waals surface area contributed by atoms with Crippen LogP contribution in [0.25, 0.3) is 11.3 Å². The average Bonchev–Trinajstić information content (AvgIpc) is 3.24. The zero-order valence-corrected chi connectivity index (χ0v) is 20.6. The third-order valence-corrected chi connectivity index (χ3v) is 6.62. The van der Waals surface area contributed by atoms with Crippen molar-refractivity contribution in [1.82, 2.24) is 19.5 Å². The highest BCUT2D eigenvalue weighted by Gasteiger charge is 2.22. The molecule has 0 atom stereocenters. The van der Waals surface area contributed by atoms with Crippen LogP contribution in [0.2, 0.25) is 0 Å². The number of nitrogens with one attached hydrogen (secondary N) is 1. The first-order chi connectivity index (χ1) is 17.6. The molecule has 8 heteroatoms. The van der Waals surface area contributed by atoms with Gasteiger partial charge in [0.25, 0.3) is 5.91 Å². The van der Waals surface area contributed by atoms with Crippen molar-refractivity contribution >= 4 is 11.6 Å². The summed E-state index contributed by atoms with van der Waals surface area (Å²) in [6.45, 7) is 6.58. The number of aromatic nitrogens is 3. The zero-order valence-electron chi connectivity index (χ0n) is 20.6. The summed E-state index contributed by atoms with van der Waals surface area (Å²) in [7, 11) is 1.72. The summed E-state index contributed by atoms with van der Waals surface area (Å²) in [5, 5.41) is 0. The second-order valence-electron chi connectivity index (χ2n) is 8.81. The molecule has 1 aliphatic heterocycles. The van der Waals surface area contributed by atoms with Crippen molar-refractivity contribution in [2.24, 2.45) is 0 Å². The third-order valence-electron chi connectivity index (χ3n) is 6.62. The highest BCUT2D eigenvalue weighted by molar-refractivity contribution is 5.98. The highest BCUT2D eigenvalue weighted by Crippen LogP contribution is 2.30. The smallest absolute Gasteiger partial charge is 0.290 e. The molecule has 36 heavy (non-hydrogen) atoms. The number of hydrogen-bond donors (Lipinski definition) is 1. The van der Waals surface area contributed by atoms with Gasteiger partial charge in [0.2, 0.25) is 0 Å². The Morgan fingerprint density at radius 3 is 2.47 bits per heavy atom. The van der Waals surface area contributed by atoms with Crippen LogP contribution in [0.3, 0.4) is 0 Å². The van der Waals surface area contributed by atoms with Crippen LogP contribution >= 0.6 is 0 Å². The first-order valence-electron chi connectivity index (χ1n) is 12.1. The molecule has 0 bridgehead atoms. The molecule has 0 spiro atoms. The van der Waals surface area contributed by atoms with E-state index in [1.807, 2.05) is 41.9 Å². The Hall–Kier alpha value is -4.17. The number of para-hydroxylation sites is 2. The standard InChI is InChI=1S/C28H30N6O2/c1-21-23(20-32-14-16-33(17-15-32)25-10-6-7-11-27(25)36-2)18-26(22-8-4-3-5-9-22)34(21)31-28(35)24-19-29-12-13-30-24/h3-13,18-19H,14-17,20H2,1-2H3,(H,31,35). The van der Waals surface area contributed by atoms with Crippen LogP contribution in [0.4, 0.5) is 5.69 Å². The Labute approximate surface area is 211 Å². The average molecular weight is 483 g/mol. The first-order valence-corrected chi connectivity index (χ1v) is 12.1. The van der Waals surface area contributed by atoms with Gasteiger partial charge < -0.3 is 9.64 Å². The molecule has 0 aliphatic carbocycles. The molecule has 1 saturated heterocycles. The van der Waals surface area contributed by atoms with E-state index < -0.39 is 0 Å². The monoisotopic (exact) mass is 482 g/mol. The maximum Gasteiger partial charge on any atom is 0.290 e. The number of benzene rings is 2. The normalized spacial score (nSPS) is 14.0. The number of methoxy groups -OCH3 is 1. The van der Waals surface area contributed by atoms with Crippen LogP contribution in [0.1, 0.15) is 21.7 Å². The minimum Gasteiger partial charge on any atom is -0.495 e. The molecule has 5 rings (SSSR count). The van der Waals surface area contributed by atoms with Crippen LogP contribution in [0, 0.1) is 6.92 Å². The fourth-order valence-corrected chi connectivity index (χ4v) is 4.64. The first kappa shape index (κ1) is 23.6. The minimum atomic E-state index is -0.295. The van der Waals surface area contributed by atoms with E-state index in [-0.39, 0.29) is 11.6 Å². The molecule has 1 aliphatic rings. The van der Waals surface area contributed by atoms with Crippen molar-refractivity contribution in [3.8, 4) is 17.0 Å². The zero-order chi connectivity index (χ0) is 24.9. The van der Waals surface area contributed by atoms with Gasteiger partial charge in [-0.1, -0.05) is 42.5 Å². The SMILES string of the molecule is COc1ccccc1N1CCN(Cc2cc(-c3ccccc3)n(NC(=O)c3cnccn3)c2C)CC1. The van der Waals surface area contributed by atoms with Gasteiger partial charge in [-0.05, 0) is 30.7 Å². The minimum absolute atomic E-state index is 0.277. The van der Waals surface area contributed by atoms with E-state index in [1.54, 1.807) is 13.3 Å². The molecule has 2 aromatic heterocycles. The number of anilines is 1.